The minimum atomic E-state index is -4.33. The summed E-state index contributed by atoms with van der Waals surface area (Å²) < 4.78 is 47.4. The van der Waals surface area contributed by atoms with E-state index >= 15 is 0 Å². The van der Waals surface area contributed by atoms with Gasteiger partial charge in [0.25, 0.3) is 10.0 Å². The van der Waals surface area contributed by atoms with E-state index in [1.54, 1.807) is 39.0 Å². The van der Waals surface area contributed by atoms with Gasteiger partial charge in [0.1, 0.15) is 24.2 Å². The summed E-state index contributed by atoms with van der Waals surface area (Å²) in [6.45, 7) is 6.06. The van der Waals surface area contributed by atoms with Crippen molar-refractivity contribution in [2.24, 2.45) is 0 Å². The molecule has 0 aromatic heterocycles. The molecule has 0 aliphatic carbocycles. The molecular weight excluding hydrogens is 592 g/mol. The predicted octanol–water partition coefficient (Wildman–Crippen LogP) is 5.67. The van der Waals surface area contributed by atoms with Gasteiger partial charge in [0, 0.05) is 27.7 Å². The molecule has 0 spiro atoms. The third-order valence-corrected chi connectivity index (χ3v) is 8.59. The number of amides is 2. The van der Waals surface area contributed by atoms with Crippen LogP contribution < -0.4 is 14.4 Å². The maximum Gasteiger partial charge on any atom is 0.264 e. The van der Waals surface area contributed by atoms with Crippen LogP contribution in [0.2, 0.25) is 10.0 Å². The van der Waals surface area contributed by atoms with Crippen LogP contribution in [-0.4, -0.2) is 50.4 Å². The Kier molecular flexibility index (Phi) is 10.3. The minimum absolute atomic E-state index is 0.0538. The molecule has 12 heteroatoms. The van der Waals surface area contributed by atoms with Gasteiger partial charge in [-0.1, -0.05) is 29.3 Å². The maximum atomic E-state index is 14.0. The molecule has 0 bridgehead atoms. The number of rotatable bonds is 10. The Morgan fingerprint density at radius 3 is 2.05 bits per heavy atom. The van der Waals surface area contributed by atoms with E-state index in [1.807, 2.05) is 0 Å². The fourth-order valence-electron chi connectivity index (χ4n) is 3.92. The highest BCUT2D eigenvalue weighted by Crippen LogP contribution is 2.29. The number of carbonyl (C=O) groups is 2. The minimum Gasteiger partial charge on any atom is -0.497 e. The zero-order valence-corrected chi connectivity index (χ0v) is 25.6. The lowest BCUT2D eigenvalue weighted by atomic mass is 10.1. The van der Waals surface area contributed by atoms with Crippen LogP contribution in [0, 0.1) is 5.82 Å². The molecule has 3 aromatic rings. The van der Waals surface area contributed by atoms with E-state index in [-0.39, 0.29) is 27.2 Å². The molecule has 8 nitrogen and oxygen atoms in total. The van der Waals surface area contributed by atoms with Gasteiger partial charge in [0.05, 0.1) is 17.7 Å². The standard InChI is InChI=1S/C29H32Cl2FN3O5S/c1-19(28(37)33-29(2,3)4)34(17-24-25(30)7-6-8-26(24)31)27(36)18-35(21-11-9-20(32)10-12-21)41(38,39)23-15-13-22(40-5)14-16-23/h6-16,19H,17-18H2,1-5H3,(H,33,37)/t19-/m0/s1. The summed E-state index contributed by atoms with van der Waals surface area (Å²) in [5.74, 6) is -1.31. The van der Waals surface area contributed by atoms with Crippen molar-refractivity contribution in [3.63, 3.8) is 0 Å². The van der Waals surface area contributed by atoms with E-state index in [1.165, 1.54) is 55.3 Å². The lowest BCUT2D eigenvalue weighted by Crippen LogP contribution is -2.54. The average Bonchev–Trinajstić information content (AvgIpc) is 2.90. The van der Waals surface area contributed by atoms with E-state index in [0.29, 0.717) is 11.3 Å². The molecule has 0 aliphatic rings. The lowest BCUT2D eigenvalue weighted by Gasteiger charge is -2.33. The zero-order valence-electron chi connectivity index (χ0n) is 23.3. The molecule has 2 amide bonds. The number of halogens is 3. The number of anilines is 1. The Morgan fingerprint density at radius 2 is 1.54 bits per heavy atom. The molecule has 1 atom stereocenters. The van der Waals surface area contributed by atoms with Crippen LogP contribution in [0.3, 0.4) is 0 Å². The van der Waals surface area contributed by atoms with Crippen LogP contribution in [0.5, 0.6) is 5.75 Å². The Morgan fingerprint density at radius 1 is 0.976 bits per heavy atom. The van der Waals surface area contributed by atoms with Crippen LogP contribution in [0.1, 0.15) is 33.3 Å². The van der Waals surface area contributed by atoms with Gasteiger partial charge in [-0.2, -0.15) is 0 Å². The number of benzene rings is 3. The number of sulfonamides is 1. The smallest absolute Gasteiger partial charge is 0.264 e. The SMILES string of the molecule is COc1ccc(S(=O)(=O)N(CC(=O)N(Cc2c(Cl)cccc2Cl)[C@@H](C)C(=O)NC(C)(C)C)c2ccc(F)cc2)cc1. The second-order valence-electron chi connectivity index (χ2n) is 10.3. The fourth-order valence-corrected chi connectivity index (χ4v) is 5.85. The molecule has 0 fully saturated rings. The first-order valence-electron chi connectivity index (χ1n) is 12.6. The topological polar surface area (TPSA) is 96.0 Å². The molecule has 0 saturated heterocycles. The molecule has 0 radical (unpaired) electrons. The number of nitrogens with one attached hydrogen (secondary N) is 1. The number of methoxy groups -OCH3 is 1. The van der Waals surface area contributed by atoms with Crippen LogP contribution >= 0.6 is 23.2 Å². The predicted molar refractivity (Wildman–Crippen MR) is 158 cm³/mol. The van der Waals surface area contributed by atoms with Crippen molar-refractivity contribution >= 4 is 50.7 Å². The van der Waals surface area contributed by atoms with Crippen LogP contribution in [0.4, 0.5) is 10.1 Å². The normalized spacial score (nSPS) is 12.4. The molecule has 41 heavy (non-hydrogen) atoms. The molecule has 0 heterocycles. The second-order valence-corrected chi connectivity index (χ2v) is 13.0. The van der Waals surface area contributed by atoms with E-state index in [2.05, 4.69) is 5.32 Å². The van der Waals surface area contributed by atoms with Gasteiger partial charge >= 0.3 is 0 Å². The summed E-state index contributed by atoms with van der Waals surface area (Å²) in [5, 5.41) is 3.40. The Balaban J connectivity index is 2.07. The quantitative estimate of drug-likeness (QED) is 0.314. The number of ether oxygens (including phenoxy) is 1. The largest absolute Gasteiger partial charge is 0.497 e. The van der Waals surface area contributed by atoms with Crippen molar-refractivity contribution < 1.29 is 27.1 Å². The molecular formula is C29H32Cl2FN3O5S. The highest BCUT2D eigenvalue weighted by Gasteiger charge is 2.34. The molecule has 0 saturated carbocycles. The summed E-state index contributed by atoms with van der Waals surface area (Å²) in [7, 11) is -2.88. The molecule has 220 valence electrons. The zero-order chi connectivity index (χ0) is 30.5. The van der Waals surface area contributed by atoms with Crippen molar-refractivity contribution in [2.45, 2.75) is 50.7 Å². The first-order valence-corrected chi connectivity index (χ1v) is 14.8. The van der Waals surface area contributed by atoms with Gasteiger partial charge < -0.3 is 15.0 Å². The Hall–Kier alpha value is -3.34. The van der Waals surface area contributed by atoms with Crippen LogP contribution in [0.25, 0.3) is 0 Å². The van der Waals surface area contributed by atoms with Crippen LogP contribution in [-0.2, 0) is 26.2 Å². The van der Waals surface area contributed by atoms with Crippen molar-refractivity contribution in [1.82, 2.24) is 10.2 Å². The average molecular weight is 625 g/mol. The molecule has 3 aromatic carbocycles. The number of carbonyl (C=O) groups excluding carboxylic acids is 2. The number of hydrogen-bond acceptors (Lipinski definition) is 5. The summed E-state index contributed by atoms with van der Waals surface area (Å²) >= 11 is 12.8. The summed E-state index contributed by atoms with van der Waals surface area (Å²) in [4.78, 5) is 28.3. The van der Waals surface area contributed by atoms with Gasteiger partial charge in [-0.3, -0.25) is 13.9 Å². The van der Waals surface area contributed by atoms with Gasteiger partial charge in [0.2, 0.25) is 11.8 Å². The summed E-state index contributed by atoms with van der Waals surface area (Å²) in [5.41, 5.74) is -0.149. The highest BCUT2D eigenvalue weighted by atomic mass is 35.5. The molecule has 1 N–H and O–H groups in total. The lowest BCUT2D eigenvalue weighted by molar-refractivity contribution is -0.140. The monoisotopic (exact) mass is 623 g/mol. The van der Waals surface area contributed by atoms with E-state index in [0.717, 1.165) is 16.4 Å². The first kappa shape index (κ1) is 32.2. The molecule has 0 aliphatic heterocycles. The van der Waals surface area contributed by atoms with Crippen molar-refractivity contribution in [3.8, 4) is 5.75 Å². The third-order valence-electron chi connectivity index (χ3n) is 6.10. The van der Waals surface area contributed by atoms with E-state index in [9.17, 15) is 22.4 Å². The highest BCUT2D eigenvalue weighted by molar-refractivity contribution is 7.92. The van der Waals surface area contributed by atoms with Crippen LogP contribution in [0.15, 0.2) is 71.6 Å². The summed E-state index contributed by atoms with van der Waals surface area (Å²) in [6, 6.07) is 14.2. The maximum absolute atomic E-state index is 14.0. The molecule has 3 rings (SSSR count). The van der Waals surface area contributed by atoms with Gasteiger partial charge in [-0.15, -0.1) is 0 Å². The fraction of sp³-hybridized carbons (Fsp3) is 0.310. The second kappa shape index (κ2) is 13.1. The number of hydrogen-bond donors (Lipinski definition) is 1. The van der Waals surface area contributed by atoms with Crippen molar-refractivity contribution in [3.05, 3.63) is 88.2 Å². The molecule has 0 unspecified atom stereocenters. The first-order chi connectivity index (χ1) is 19.1. The van der Waals surface area contributed by atoms with Gasteiger partial charge in [-0.25, -0.2) is 12.8 Å². The van der Waals surface area contributed by atoms with E-state index in [4.69, 9.17) is 27.9 Å². The summed E-state index contributed by atoms with van der Waals surface area (Å²) in [6.07, 6.45) is 0. The van der Waals surface area contributed by atoms with Gasteiger partial charge in [0.15, 0.2) is 0 Å². The van der Waals surface area contributed by atoms with Crippen molar-refractivity contribution in [1.29, 1.82) is 0 Å². The van der Waals surface area contributed by atoms with E-state index < -0.39 is 45.8 Å². The number of nitrogens with zero attached hydrogens (tertiary/aromatic N) is 2. The Labute approximate surface area is 250 Å². The Bertz CT molecular complexity index is 1470. The van der Waals surface area contributed by atoms with Crippen molar-refractivity contribution in [2.75, 3.05) is 18.0 Å². The third kappa shape index (κ3) is 8.12. The van der Waals surface area contributed by atoms with Gasteiger partial charge in [-0.05, 0) is 88.4 Å².